The van der Waals surface area contributed by atoms with Crippen LogP contribution in [0.3, 0.4) is 0 Å². The van der Waals surface area contributed by atoms with Gasteiger partial charge in [-0.1, -0.05) is 19.3 Å². The lowest BCUT2D eigenvalue weighted by molar-refractivity contribution is -0.110. The van der Waals surface area contributed by atoms with Gasteiger partial charge < -0.3 is 20.3 Å². The predicted molar refractivity (Wildman–Crippen MR) is 146 cm³/mol. The highest BCUT2D eigenvalue weighted by molar-refractivity contribution is 6.49. The van der Waals surface area contributed by atoms with E-state index in [9.17, 15) is 4.79 Å². The van der Waals surface area contributed by atoms with Crippen LogP contribution in [-0.2, 0) is 9.53 Å². The van der Waals surface area contributed by atoms with E-state index in [1.165, 1.54) is 19.3 Å². The first-order valence-corrected chi connectivity index (χ1v) is 14.0. The van der Waals surface area contributed by atoms with Gasteiger partial charge in [0.15, 0.2) is 11.7 Å². The molecule has 4 aliphatic heterocycles. The van der Waals surface area contributed by atoms with Gasteiger partial charge >= 0.3 is 0 Å². The molecule has 2 aromatic heterocycles. The maximum Gasteiger partial charge on any atom is 0.291 e. The van der Waals surface area contributed by atoms with Crippen molar-refractivity contribution in [1.82, 2.24) is 19.9 Å². The van der Waals surface area contributed by atoms with Crippen molar-refractivity contribution in [2.24, 2.45) is 4.99 Å². The molecule has 0 radical (unpaired) electrons. The number of amidine groups is 1. The fourth-order valence-electron chi connectivity index (χ4n) is 6.74. The minimum Gasteiger partial charge on any atom is -0.379 e. The minimum atomic E-state index is -0.171. The molecule has 11 heteroatoms. The largest absolute Gasteiger partial charge is 0.379 e. The van der Waals surface area contributed by atoms with Crippen LogP contribution in [0.4, 0.5) is 29.0 Å². The number of carbonyl (C=O) groups is 1. The van der Waals surface area contributed by atoms with Crippen molar-refractivity contribution in [3.63, 3.8) is 0 Å². The Hall–Kier alpha value is -3.31. The molecular formula is C27H35N9O2. The zero-order valence-electron chi connectivity index (χ0n) is 21.7. The topological polar surface area (TPSA) is 111 Å². The molecule has 1 spiro atoms. The lowest BCUT2D eigenvalue weighted by Gasteiger charge is -2.43. The lowest BCUT2D eigenvalue weighted by Crippen LogP contribution is -2.56. The van der Waals surface area contributed by atoms with Crippen molar-refractivity contribution in [1.29, 1.82) is 0 Å². The van der Waals surface area contributed by atoms with Gasteiger partial charge in [-0.2, -0.15) is 4.98 Å². The number of hydrogen-bond donors (Lipinski definition) is 2. The number of aromatic nitrogens is 3. The molecule has 2 N–H and O–H groups in total. The fourth-order valence-corrected chi connectivity index (χ4v) is 6.74. The molecule has 6 heterocycles. The van der Waals surface area contributed by atoms with Crippen molar-refractivity contribution in [3.05, 3.63) is 24.5 Å². The highest BCUT2D eigenvalue weighted by atomic mass is 16.5. The number of nitrogens with zero attached hydrogens (tertiary/aromatic N) is 7. The van der Waals surface area contributed by atoms with Crippen LogP contribution in [0, 0.1) is 0 Å². The van der Waals surface area contributed by atoms with Crippen LogP contribution < -0.4 is 20.4 Å². The highest BCUT2D eigenvalue weighted by Gasteiger charge is 2.49. The van der Waals surface area contributed by atoms with E-state index in [0.29, 0.717) is 35.9 Å². The summed E-state index contributed by atoms with van der Waals surface area (Å²) < 4.78 is 5.51. The molecule has 1 aliphatic carbocycles. The minimum absolute atomic E-state index is 0.152. The number of fused-ring (bicyclic) bond motifs is 4. The Morgan fingerprint density at radius 2 is 1.82 bits per heavy atom. The number of ether oxygens (including phenoxy) is 1. The fraction of sp³-hybridized carbons (Fsp3) is 0.593. The molecule has 1 saturated carbocycles. The van der Waals surface area contributed by atoms with Gasteiger partial charge in [0.2, 0.25) is 5.95 Å². The first kappa shape index (κ1) is 23.8. The Labute approximate surface area is 222 Å². The molecule has 200 valence electrons. The molecule has 0 bridgehead atoms. The second-order valence-corrected chi connectivity index (χ2v) is 11.0. The Morgan fingerprint density at radius 1 is 1.00 bits per heavy atom. The summed E-state index contributed by atoms with van der Waals surface area (Å²) in [5.41, 5.74) is 1.62. The molecule has 2 saturated heterocycles. The average molecular weight is 518 g/mol. The van der Waals surface area contributed by atoms with Gasteiger partial charge in [-0.25, -0.2) is 9.97 Å². The normalized spacial score (nSPS) is 23.6. The van der Waals surface area contributed by atoms with Crippen molar-refractivity contribution in [2.45, 2.75) is 56.5 Å². The van der Waals surface area contributed by atoms with Crippen molar-refractivity contribution in [3.8, 4) is 0 Å². The molecular weight excluding hydrogens is 482 g/mol. The number of nitrogens with one attached hydrogen (secondary N) is 2. The number of aliphatic imine (C=N–C) groups is 1. The summed E-state index contributed by atoms with van der Waals surface area (Å²) in [4.78, 5) is 38.4. The van der Waals surface area contributed by atoms with E-state index < -0.39 is 0 Å². The Balaban J connectivity index is 1.04. The van der Waals surface area contributed by atoms with Gasteiger partial charge in [0, 0.05) is 32.2 Å². The predicted octanol–water partition coefficient (Wildman–Crippen LogP) is 2.79. The number of piperidine rings is 1. The van der Waals surface area contributed by atoms with Crippen LogP contribution in [0.15, 0.2) is 29.5 Å². The third kappa shape index (κ3) is 4.27. The average Bonchev–Trinajstić information content (AvgIpc) is 3.34. The first-order valence-electron chi connectivity index (χ1n) is 14.0. The van der Waals surface area contributed by atoms with E-state index in [1.54, 1.807) is 6.20 Å². The summed E-state index contributed by atoms with van der Waals surface area (Å²) in [5, 5.41) is 6.18. The van der Waals surface area contributed by atoms with Gasteiger partial charge in [0.05, 0.1) is 43.4 Å². The molecule has 5 aliphatic rings. The zero-order chi connectivity index (χ0) is 25.5. The Bertz CT molecular complexity index is 1210. The molecule has 11 nitrogen and oxygen atoms in total. The van der Waals surface area contributed by atoms with E-state index in [1.807, 2.05) is 12.3 Å². The second kappa shape index (κ2) is 9.77. The molecule has 0 atom stereocenters. The summed E-state index contributed by atoms with van der Waals surface area (Å²) in [5.74, 6) is 2.18. The van der Waals surface area contributed by atoms with E-state index >= 15 is 0 Å². The molecule has 3 fully saturated rings. The van der Waals surface area contributed by atoms with Gasteiger partial charge in [0.1, 0.15) is 11.5 Å². The number of carbonyl (C=O) groups excluding carboxylic acids is 1. The van der Waals surface area contributed by atoms with Gasteiger partial charge in [-0.15, -0.1) is 0 Å². The van der Waals surface area contributed by atoms with Crippen LogP contribution in [-0.4, -0.2) is 89.1 Å². The molecule has 38 heavy (non-hydrogen) atoms. The summed E-state index contributed by atoms with van der Waals surface area (Å²) in [6.45, 7) is 6.54. The quantitative estimate of drug-likeness (QED) is 0.632. The maximum absolute atomic E-state index is 12.7. The molecule has 7 rings (SSSR count). The van der Waals surface area contributed by atoms with Gasteiger partial charge in [-0.05, 0) is 37.8 Å². The van der Waals surface area contributed by atoms with Crippen molar-refractivity contribution < 1.29 is 9.53 Å². The van der Waals surface area contributed by atoms with Crippen LogP contribution in [0.2, 0.25) is 0 Å². The second-order valence-electron chi connectivity index (χ2n) is 11.0. The summed E-state index contributed by atoms with van der Waals surface area (Å²) in [6, 6.07) is 4.76. The highest BCUT2D eigenvalue weighted by Crippen LogP contribution is 2.44. The van der Waals surface area contributed by atoms with Crippen LogP contribution in [0.5, 0.6) is 0 Å². The number of morpholine rings is 1. The monoisotopic (exact) mass is 517 g/mol. The van der Waals surface area contributed by atoms with Crippen LogP contribution in [0.1, 0.15) is 44.9 Å². The maximum atomic E-state index is 12.7. The van der Waals surface area contributed by atoms with E-state index in [0.717, 1.165) is 76.6 Å². The standard InChI is InChI=1S/C27H35N9O2/c37-25-24-30-18-27(8-2-1-3-9-27)36(24)23-21(31-25)17-29-26(33-23)32-22-5-4-20(16-28-22)34-10-6-19(7-11-34)35-12-14-38-15-13-35/h4-5,16-17,19H,1-3,6-15,18H2,(H,31,37)(H,28,29,32,33). The third-order valence-corrected chi connectivity index (χ3v) is 8.80. The van der Waals surface area contributed by atoms with Crippen molar-refractivity contribution in [2.75, 3.05) is 66.4 Å². The lowest BCUT2D eigenvalue weighted by atomic mass is 9.80. The van der Waals surface area contributed by atoms with E-state index in [4.69, 9.17) is 9.72 Å². The number of hydrogen-bond acceptors (Lipinski definition) is 10. The smallest absolute Gasteiger partial charge is 0.291 e. The molecule has 2 aromatic rings. The van der Waals surface area contributed by atoms with Gasteiger partial charge in [-0.3, -0.25) is 19.6 Å². The number of anilines is 5. The van der Waals surface area contributed by atoms with E-state index in [2.05, 4.69) is 46.4 Å². The number of rotatable bonds is 4. The van der Waals surface area contributed by atoms with Gasteiger partial charge in [0.25, 0.3) is 5.91 Å². The van der Waals surface area contributed by atoms with Crippen molar-refractivity contribution >= 4 is 40.7 Å². The summed E-state index contributed by atoms with van der Waals surface area (Å²) >= 11 is 0. The number of pyridine rings is 1. The molecule has 0 aromatic carbocycles. The molecule has 0 unspecified atom stereocenters. The Morgan fingerprint density at radius 3 is 2.58 bits per heavy atom. The number of amides is 1. The first-order chi connectivity index (χ1) is 18.7. The Kier molecular flexibility index (Phi) is 6.12. The summed E-state index contributed by atoms with van der Waals surface area (Å²) in [6.07, 6.45) is 11.5. The van der Waals surface area contributed by atoms with Crippen LogP contribution >= 0.6 is 0 Å². The zero-order valence-corrected chi connectivity index (χ0v) is 21.7. The third-order valence-electron chi connectivity index (χ3n) is 8.80. The molecule has 1 amide bonds. The summed E-state index contributed by atoms with van der Waals surface area (Å²) in [7, 11) is 0. The SMILES string of the molecule is O=C1Nc2cnc(Nc3ccc(N4CCC(N5CCOCC5)CC4)cn3)nc2N2C1=NCC21CCCCC1. The van der Waals surface area contributed by atoms with Crippen LogP contribution in [0.25, 0.3) is 0 Å². The van der Waals surface area contributed by atoms with E-state index in [-0.39, 0.29) is 11.4 Å².